The Labute approximate surface area is 144 Å². The minimum absolute atomic E-state index is 0.0773. The Balaban J connectivity index is 1.66. The average molecular weight is 332 g/mol. The summed E-state index contributed by atoms with van der Waals surface area (Å²) >= 11 is 0. The van der Waals surface area contributed by atoms with Gasteiger partial charge < -0.3 is 14.7 Å². The van der Waals surface area contributed by atoms with Crippen LogP contribution in [0.25, 0.3) is 0 Å². The van der Waals surface area contributed by atoms with Crippen LogP contribution in [0.1, 0.15) is 42.5 Å². The zero-order valence-electron chi connectivity index (χ0n) is 14.5. The fourth-order valence-corrected chi connectivity index (χ4v) is 4.28. The Morgan fingerprint density at radius 3 is 2.54 bits per heavy atom. The van der Waals surface area contributed by atoms with Gasteiger partial charge in [-0.05, 0) is 62.9 Å². The topological polar surface area (TPSA) is 53.0 Å². The lowest BCUT2D eigenvalue weighted by atomic mass is 9.88. The number of carbonyl (C=O) groups excluding carboxylic acids is 1. The number of methoxy groups -OCH3 is 1. The molecule has 2 heterocycles. The van der Waals surface area contributed by atoms with Crippen molar-refractivity contribution < 1.29 is 14.6 Å². The van der Waals surface area contributed by atoms with E-state index < -0.39 is 0 Å². The molecule has 2 aliphatic rings. The molecule has 2 aliphatic heterocycles. The van der Waals surface area contributed by atoms with E-state index in [-0.39, 0.29) is 17.2 Å². The van der Waals surface area contributed by atoms with E-state index in [2.05, 4.69) is 4.90 Å². The van der Waals surface area contributed by atoms with E-state index in [1.165, 1.54) is 12.8 Å². The number of nitrogens with zero attached hydrogens (tertiary/aromatic N) is 2. The van der Waals surface area contributed by atoms with Gasteiger partial charge in [-0.25, -0.2) is 0 Å². The highest BCUT2D eigenvalue weighted by atomic mass is 16.5. The van der Waals surface area contributed by atoms with E-state index in [0.29, 0.717) is 5.56 Å². The zero-order chi connectivity index (χ0) is 17.0. The highest BCUT2D eigenvalue weighted by molar-refractivity contribution is 5.94. The molecular formula is C19H28N2O3. The monoisotopic (exact) mass is 332 g/mol. The molecule has 2 fully saturated rings. The Kier molecular flexibility index (Phi) is 5.41. The minimum Gasteiger partial charge on any atom is -0.508 e. The number of phenolic OH excluding ortho intramolecular Hbond substituents is 1. The van der Waals surface area contributed by atoms with Gasteiger partial charge >= 0.3 is 0 Å². The zero-order valence-corrected chi connectivity index (χ0v) is 14.5. The molecule has 0 saturated carbocycles. The molecule has 132 valence electrons. The molecule has 1 aromatic rings. The number of aromatic hydroxyl groups is 1. The Morgan fingerprint density at radius 2 is 1.83 bits per heavy atom. The van der Waals surface area contributed by atoms with Crippen LogP contribution in [-0.4, -0.2) is 66.2 Å². The van der Waals surface area contributed by atoms with Crippen LogP contribution in [0.15, 0.2) is 24.3 Å². The van der Waals surface area contributed by atoms with E-state index in [1.807, 2.05) is 4.90 Å². The highest BCUT2D eigenvalue weighted by Crippen LogP contribution is 2.38. The first kappa shape index (κ1) is 17.2. The molecular weight excluding hydrogens is 304 g/mol. The summed E-state index contributed by atoms with van der Waals surface area (Å²) in [6.07, 6.45) is 5.73. The number of amides is 1. The first-order valence-corrected chi connectivity index (χ1v) is 8.97. The summed E-state index contributed by atoms with van der Waals surface area (Å²) in [7, 11) is 1.76. The predicted octanol–water partition coefficient (Wildman–Crippen LogP) is 2.50. The molecule has 3 rings (SSSR count). The Bertz CT molecular complexity index is 560. The van der Waals surface area contributed by atoms with E-state index in [9.17, 15) is 9.90 Å². The number of benzene rings is 1. The quantitative estimate of drug-likeness (QED) is 0.920. The molecule has 1 spiro atoms. The number of hydrogen-bond donors (Lipinski definition) is 1. The molecule has 1 amide bonds. The smallest absolute Gasteiger partial charge is 0.253 e. The third kappa shape index (κ3) is 3.57. The summed E-state index contributed by atoms with van der Waals surface area (Å²) in [4.78, 5) is 17.3. The SMILES string of the molecule is COCCN1CCC[C@]12CCCN(C(=O)c1ccc(O)cc1)CC2. The van der Waals surface area contributed by atoms with Crippen molar-refractivity contribution in [2.24, 2.45) is 0 Å². The Morgan fingerprint density at radius 1 is 1.12 bits per heavy atom. The molecule has 1 atom stereocenters. The van der Waals surface area contributed by atoms with Crippen molar-refractivity contribution in [3.8, 4) is 5.75 Å². The lowest BCUT2D eigenvalue weighted by Crippen LogP contribution is -2.46. The van der Waals surface area contributed by atoms with Crippen LogP contribution in [0, 0.1) is 0 Å². The molecule has 0 bridgehead atoms. The third-order valence-electron chi connectivity index (χ3n) is 5.63. The largest absolute Gasteiger partial charge is 0.508 e. The van der Waals surface area contributed by atoms with Gasteiger partial charge in [-0.1, -0.05) is 0 Å². The van der Waals surface area contributed by atoms with Crippen LogP contribution < -0.4 is 0 Å². The normalized spacial score (nSPS) is 25.1. The summed E-state index contributed by atoms with van der Waals surface area (Å²) < 4.78 is 5.27. The molecule has 0 aromatic heterocycles. The molecule has 1 N–H and O–H groups in total. The van der Waals surface area contributed by atoms with Crippen molar-refractivity contribution in [3.63, 3.8) is 0 Å². The van der Waals surface area contributed by atoms with Crippen LogP contribution >= 0.6 is 0 Å². The second-order valence-corrected chi connectivity index (χ2v) is 7.00. The van der Waals surface area contributed by atoms with E-state index in [4.69, 9.17) is 4.74 Å². The summed E-state index contributed by atoms with van der Waals surface area (Å²) in [6, 6.07) is 6.57. The van der Waals surface area contributed by atoms with Crippen molar-refractivity contribution in [1.29, 1.82) is 0 Å². The maximum Gasteiger partial charge on any atom is 0.253 e. The number of rotatable bonds is 4. The second-order valence-electron chi connectivity index (χ2n) is 7.00. The molecule has 2 saturated heterocycles. The standard InChI is InChI=1S/C19H28N2O3/c1-24-15-14-21-12-3-9-19(21)8-2-11-20(13-10-19)18(23)16-4-6-17(22)7-5-16/h4-7,22H,2-3,8-15H2,1H3/t19-/m0/s1. The average Bonchev–Trinajstić information content (AvgIpc) is 2.85. The molecule has 24 heavy (non-hydrogen) atoms. The van der Waals surface area contributed by atoms with Gasteiger partial charge in [0.1, 0.15) is 5.75 Å². The van der Waals surface area contributed by atoms with Crippen LogP contribution in [-0.2, 0) is 4.74 Å². The van der Waals surface area contributed by atoms with Crippen molar-refractivity contribution in [2.45, 2.75) is 37.6 Å². The molecule has 5 nitrogen and oxygen atoms in total. The number of likely N-dealkylation sites (tertiary alicyclic amines) is 2. The maximum atomic E-state index is 12.7. The van der Waals surface area contributed by atoms with Crippen molar-refractivity contribution >= 4 is 5.91 Å². The summed E-state index contributed by atoms with van der Waals surface area (Å²) in [6.45, 7) is 4.54. The number of hydrogen-bond acceptors (Lipinski definition) is 4. The van der Waals surface area contributed by atoms with Crippen LogP contribution in [0.2, 0.25) is 0 Å². The lowest BCUT2D eigenvalue weighted by Gasteiger charge is -2.38. The van der Waals surface area contributed by atoms with Gasteiger partial charge in [0, 0.05) is 37.8 Å². The van der Waals surface area contributed by atoms with Gasteiger partial charge in [0.15, 0.2) is 0 Å². The Hall–Kier alpha value is -1.59. The fraction of sp³-hybridized carbons (Fsp3) is 0.632. The minimum atomic E-state index is 0.0773. The first-order chi connectivity index (χ1) is 11.6. The van der Waals surface area contributed by atoms with Gasteiger partial charge in [0.2, 0.25) is 0 Å². The van der Waals surface area contributed by atoms with Gasteiger partial charge in [0.25, 0.3) is 5.91 Å². The molecule has 1 aromatic carbocycles. The third-order valence-corrected chi connectivity index (χ3v) is 5.63. The summed E-state index contributed by atoms with van der Waals surface area (Å²) in [5, 5.41) is 9.39. The lowest BCUT2D eigenvalue weighted by molar-refractivity contribution is 0.0697. The summed E-state index contributed by atoms with van der Waals surface area (Å²) in [5.74, 6) is 0.273. The van der Waals surface area contributed by atoms with Crippen molar-refractivity contribution in [2.75, 3.05) is 39.9 Å². The van der Waals surface area contributed by atoms with Gasteiger partial charge in [-0.2, -0.15) is 0 Å². The van der Waals surface area contributed by atoms with Gasteiger partial charge in [-0.3, -0.25) is 9.69 Å². The number of carbonyl (C=O) groups is 1. The van der Waals surface area contributed by atoms with E-state index in [0.717, 1.165) is 52.0 Å². The second kappa shape index (κ2) is 7.53. The molecule has 5 heteroatoms. The van der Waals surface area contributed by atoms with E-state index in [1.54, 1.807) is 31.4 Å². The fourth-order valence-electron chi connectivity index (χ4n) is 4.28. The van der Waals surface area contributed by atoms with Crippen LogP contribution in [0.5, 0.6) is 5.75 Å². The predicted molar refractivity (Wildman–Crippen MR) is 93.3 cm³/mol. The first-order valence-electron chi connectivity index (χ1n) is 8.97. The number of ether oxygens (including phenoxy) is 1. The highest BCUT2D eigenvalue weighted by Gasteiger charge is 2.41. The molecule has 0 radical (unpaired) electrons. The van der Waals surface area contributed by atoms with Gasteiger partial charge in [-0.15, -0.1) is 0 Å². The van der Waals surface area contributed by atoms with E-state index >= 15 is 0 Å². The van der Waals surface area contributed by atoms with Crippen LogP contribution in [0.3, 0.4) is 0 Å². The number of phenols is 1. The van der Waals surface area contributed by atoms with Crippen molar-refractivity contribution in [3.05, 3.63) is 29.8 Å². The molecule has 0 aliphatic carbocycles. The van der Waals surface area contributed by atoms with Gasteiger partial charge in [0.05, 0.1) is 6.61 Å². The van der Waals surface area contributed by atoms with Crippen LogP contribution in [0.4, 0.5) is 0 Å². The maximum absolute atomic E-state index is 12.7. The molecule has 0 unspecified atom stereocenters. The summed E-state index contributed by atoms with van der Waals surface area (Å²) in [5.41, 5.74) is 0.911. The van der Waals surface area contributed by atoms with Crippen molar-refractivity contribution in [1.82, 2.24) is 9.80 Å².